The molecule has 2 aromatic rings. The van der Waals surface area contributed by atoms with Crippen LogP contribution in [-0.4, -0.2) is 16.5 Å². The lowest BCUT2D eigenvalue weighted by atomic mass is 10.1. The zero-order valence-corrected chi connectivity index (χ0v) is 9.24. The molecule has 3 N–H and O–H groups in total. The Labute approximate surface area is 95.0 Å². The number of hydrogen-bond acceptors (Lipinski definition) is 3. The third-order valence-electron chi connectivity index (χ3n) is 2.11. The van der Waals surface area contributed by atoms with Crippen molar-refractivity contribution >= 4 is 17.6 Å². The van der Waals surface area contributed by atoms with Crippen molar-refractivity contribution in [2.45, 2.75) is 4.90 Å². The van der Waals surface area contributed by atoms with Crippen LogP contribution in [-0.2, 0) is 0 Å². The number of nitrogen functional groups attached to an aromatic ring is 1. The lowest BCUT2D eigenvalue weighted by Gasteiger charge is -2.05. The van der Waals surface area contributed by atoms with E-state index < -0.39 is 11.6 Å². The van der Waals surface area contributed by atoms with Crippen LogP contribution in [0.1, 0.15) is 0 Å². The minimum absolute atomic E-state index is 0.133. The molecule has 0 atom stereocenters. The Morgan fingerprint density at radius 2 is 2.06 bits per heavy atom. The first-order valence-electron chi connectivity index (χ1n) is 4.46. The summed E-state index contributed by atoms with van der Waals surface area (Å²) < 4.78 is 27.1. The topological polar surface area (TPSA) is 54.7 Å². The quantitative estimate of drug-likeness (QED) is 0.795. The molecule has 1 aromatic carbocycles. The monoisotopic (exact) mass is 241 g/mol. The van der Waals surface area contributed by atoms with Gasteiger partial charge in [0.05, 0.1) is 5.69 Å². The van der Waals surface area contributed by atoms with Crippen LogP contribution >= 0.6 is 11.8 Å². The number of halogens is 2. The van der Waals surface area contributed by atoms with E-state index in [9.17, 15) is 8.78 Å². The zero-order chi connectivity index (χ0) is 11.7. The fourth-order valence-corrected chi connectivity index (χ4v) is 1.90. The van der Waals surface area contributed by atoms with Crippen molar-refractivity contribution in [2.24, 2.45) is 0 Å². The van der Waals surface area contributed by atoms with Gasteiger partial charge in [-0.05, 0) is 18.4 Å². The number of anilines is 1. The largest absolute Gasteiger partial charge is 0.382 e. The van der Waals surface area contributed by atoms with Crippen molar-refractivity contribution < 1.29 is 8.78 Å². The van der Waals surface area contributed by atoms with E-state index >= 15 is 0 Å². The van der Waals surface area contributed by atoms with Gasteiger partial charge in [0.25, 0.3) is 0 Å². The Bertz CT molecular complexity index is 525. The third-order valence-corrected chi connectivity index (χ3v) is 2.85. The van der Waals surface area contributed by atoms with Crippen molar-refractivity contribution in [3.8, 4) is 11.3 Å². The molecule has 84 valence electrons. The molecule has 0 radical (unpaired) electrons. The molecule has 0 aliphatic rings. The van der Waals surface area contributed by atoms with Crippen molar-refractivity contribution in [1.29, 1.82) is 0 Å². The number of hydrogen-bond donors (Lipinski definition) is 2. The van der Waals surface area contributed by atoms with Gasteiger partial charge < -0.3 is 5.73 Å². The predicted octanol–water partition coefficient (Wildman–Crippen LogP) is 2.66. The fraction of sp³-hybridized carbons (Fsp3) is 0.100. The highest BCUT2D eigenvalue weighted by Crippen LogP contribution is 2.30. The van der Waals surface area contributed by atoms with E-state index in [1.54, 1.807) is 6.26 Å². The molecule has 2 rings (SSSR count). The van der Waals surface area contributed by atoms with Gasteiger partial charge in [-0.25, -0.2) is 8.78 Å². The molecule has 1 aromatic heterocycles. The molecule has 0 bridgehead atoms. The van der Waals surface area contributed by atoms with Crippen molar-refractivity contribution in [2.75, 3.05) is 12.0 Å². The second kappa shape index (κ2) is 4.13. The lowest BCUT2D eigenvalue weighted by molar-refractivity contribution is 0.580. The minimum Gasteiger partial charge on any atom is -0.382 e. The molecule has 0 amide bonds. The van der Waals surface area contributed by atoms with Crippen molar-refractivity contribution in [1.82, 2.24) is 10.2 Å². The first kappa shape index (κ1) is 10.9. The van der Waals surface area contributed by atoms with Crippen LogP contribution in [0.2, 0.25) is 0 Å². The van der Waals surface area contributed by atoms with Crippen LogP contribution in [0.4, 0.5) is 14.6 Å². The smallest absolute Gasteiger partial charge is 0.146 e. The second-order valence-corrected chi connectivity index (χ2v) is 4.02. The Morgan fingerprint density at radius 3 is 2.62 bits per heavy atom. The Morgan fingerprint density at radius 1 is 1.31 bits per heavy atom. The van der Waals surface area contributed by atoms with Gasteiger partial charge in [0.2, 0.25) is 0 Å². The minimum atomic E-state index is -0.492. The van der Waals surface area contributed by atoms with E-state index in [-0.39, 0.29) is 16.3 Å². The molecular weight excluding hydrogens is 232 g/mol. The molecule has 1 heterocycles. The fourth-order valence-electron chi connectivity index (χ4n) is 1.38. The zero-order valence-electron chi connectivity index (χ0n) is 8.42. The Kier molecular flexibility index (Phi) is 2.82. The van der Waals surface area contributed by atoms with Crippen molar-refractivity contribution in [3.63, 3.8) is 0 Å². The van der Waals surface area contributed by atoms with Gasteiger partial charge in [-0.3, -0.25) is 5.10 Å². The maximum absolute atomic E-state index is 13.9. The summed E-state index contributed by atoms with van der Waals surface area (Å²) in [6, 6.07) is 3.73. The number of benzene rings is 1. The summed E-state index contributed by atoms with van der Waals surface area (Å²) in [4.78, 5) is 0.253. The summed E-state index contributed by atoms with van der Waals surface area (Å²) in [6.07, 6.45) is 1.68. The Balaban J connectivity index is 2.60. The van der Waals surface area contributed by atoms with E-state index in [0.717, 1.165) is 23.9 Å². The first-order chi connectivity index (χ1) is 7.61. The number of aromatic nitrogens is 2. The number of nitrogens with one attached hydrogen (secondary N) is 1. The van der Waals surface area contributed by atoms with Gasteiger partial charge in [-0.15, -0.1) is 11.8 Å². The molecule has 6 heteroatoms. The van der Waals surface area contributed by atoms with Crippen LogP contribution in [0.5, 0.6) is 0 Å². The molecule has 0 spiro atoms. The standard InChI is InChI=1S/C10H9F2N3S/c1-16-8-3-5(11)2-6(10(8)12)7-4-9(13)15-14-7/h2-4H,1H3,(H3,13,14,15). The average Bonchev–Trinajstić information content (AvgIpc) is 2.67. The number of nitrogens with zero attached hydrogens (tertiary/aromatic N) is 1. The van der Waals surface area contributed by atoms with Crippen molar-refractivity contribution in [3.05, 3.63) is 29.8 Å². The SMILES string of the molecule is CSc1cc(F)cc(-c2cc(N)n[nH]2)c1F. The Hall–Kier alpha value is -1.56. The molecule has 0 aliphatic carbocycles. The van der Waals surface area contributed by atoms with Gasteiger partial charge in [0, 0.05) is 16.5 Å². The number of nitrogens with two attached hydrogens (primary N) is 1. The van der Waals surface area contributed by atoms with Crippen LogP contribution in [0, 0.1) is 11.6 Å². The summed E-state index contributed by atoms with van der Waals surface area (Å²) >= 11 is 1.14. The van der Waals surface area contributed by atoms with Crippen LogP contribution < -0.4 is 5.73 Å². The molecule has 16 heavy (non-hydrogen) atoms. The molecule has 3 nitrogen and oxygen atoms in total. The van der Waals surface area contributed by atoms with Gasteiger partial charge >= 0.3 is 0 Å². The second-order valence-electron chi connectivity index (χ2n) is 3.18. The highest BCUT2D eigenvalue weighted by atomic mass is 32.2. The lowest BCUT2D eigenvalue weighted by Crippen LogP contribution is -1.90. The van der Waals surface area contributed by atoms with Gasteiger partial charge in [-0.2, -0.15) is 5.10 Å². The van der Waals surface area contributed by atoms with Crippen LogP contribution in [0.3, 0.4) is 0 Å². The van der Waals surface area contributed by atoms with E-state index in [1.165, 1.54) is 6.07 Å². The number of thioether (sulfide) groups is 1. The average molecular weight is 241 g/mol. The van der Waals surface area contributed by atoms with Crippen LogP contribution in [0.25, 0.3) is 11.3 Å². The summed E-state index contributed by atoms with van der Waals surface area (Å²) in [5.74, 6) is -0.726. The maximum Gasteiger partial charge on any atom is 0.146 e. The number of H-pyrrole nitrogens is 1. The van der Waals surface area contributed by atoms with Gasteiger partial charge in [0.1, 0.15) is 17.5 Å². The van der Waals surface area contributed by atoms with E-state index in [2.05, 4.69) is 10.2 Å². The predicted molar refractivity (Wildman–Crippen MR) is 60.1 cm³/mol. The molecule has 0 fully saturated rings. The highest BCUT2D eigenvalue weighted by molar-refractivity contribution is 7.98. The molecule has 0 saturated carbocycles. The molecule has 0 aliphatic heterocycles. The normalized spacial score (nSPS) is 10.7. The molecule has 0 unspecified atom stereocenters. The van der Waals surface area contributed by atoms with E-state index in [0.29, 0.717) is 5.69 Å². The number of rotatable bonds is 2. The molecular formula is C10H9F2N3S. The van der Waals surface area contributed by atoms with Gasteiger partial charge in [0.15, 0.2) is 0 Å². The number of aromatic amines is 1. The molecule has 0 saturated heterocycles. The highest BCUT2D eigenvalue weighted by Gasteiger charge is 2.13. The third kappa shape index (κ3) is 1.88. The summed E-state index contributed by atoms with van der Waals surface area (Å²) in [6.45, 7) is 0. The first-order valence-corrected chi connectivity index (χ1v) is 5.68. The summed E-state index contributed by atoms with van der Waals surface area (Å²) in [5.41, 5.74) is 5.91. The van der Waals surface area contributed by atoms with E-state index in [1.807, 2.05) is 0 Å². The summed E-state index contributed by atoms with van der Waals surface area (Å²) in [5, 5.41) is 6.23. The van der Waals surface area contributed by atoms with E-state index in [4.69, 9.17) is 5.73 Å². The van der Waals surface area contributed by atoms with Crippen LogP contribution in [0.15, 0.2) is 23.1 Å². The summed E-state index contributed by atoms with van der Waals surface area (Å²) in [7, 11) is 0. The maximum atomic E-state index is 13.9. The van der Waals surface area contributed by atoms with Gasteiger partial charge in [-0.1, -0.05) is 0 Å².